The maximum Gasteiger partial charge on any atom is 0.243 e. The number of sulfonamides is 1. The Morgan fingerprint density at radius 3 is 2.39 bits per heavy atom. The van der Waals surface area contributed by atoms with Crippen LogP contribution >= 0.6 is 0 Å². The van der Waals surface area contributed by atoms with E-state index in [4.69, 9.17) is 10.00 Å². The number of carbonyl (C=O) groups is 1. The van der Waals surface area contributed by atoms with Crippen molar-refractivity contribution in [2.45, 2.75) is 31.8 Å². The molecule has 2 rings (SSSR count). The predicted molar refractivity (Wildman–Crippen MR) is 107 cm³/mol. The third-order valence-corrected chi connectivity index (χ3v) is 5.72. The topological polar surface area (TPSA) is 99.5 Å². The van der Waals surface area contributed by atoms with Crippen molar-refractivity contribution in [2.24, 2.45) is 0 Å². The number of anilines is 1. The maximum atomic E-state index is 12.6. The Hall–Kier alpha value is -2.89. The predicted octanol–water partition coefficient (Wildman–Crippen LogP) is 2.91. The van der Waals surface area contributed by atoms with Crippen LogP contribution in [0.4, 0.5) is 5.69 Å². The lowest BCUT2D eigenvalue weighted by molar-refractivity contribution is -0.116. The second kappa shape index (κ2) is 8.87. The second-order valence-corrected chi connectivity index (χ2v) is 8.63. The van der Waals surface area contributed by atoms with Crippen molar-refractivity contribution in [3.8, 4) is 11.8 Å². The number of hydrogen-bond acceptors (Lipinski definition) is 5. The summed E-state index contributed by atoms with van der Waals surface area (Å²) in [7, 11) is -2.51. The van der Waals surface area contributed by atoms with Gasteiger partial charge in [0, 0.05) is 12.7 Å². The molecule has 8 heteroatoms. The molecule has 0 unspecified atom stereocenters. The standard InChI is InChI=1S/C20H23N3O4S/c1-14(2)27-17-7-10-19(15(3)11-17)22-20(24)13-23(4)28(25,26)18-8-5-16(12-21)6-9-18/h5-11,14H,13H2,1-4H3,(H,22,24). The quantitative estimate of drug-likeness (QED) is 0.769. The lowest BCUT2D eigenvalue weighted by Gasteiger charge is -2.18. The second-order valence-electron chi connectivity index (χ2n) is 6.59. The summed E-state index contributed by atoms with van der Waals surface area (Å²) in [6, 6.07) is 12.8. The van der Waals surface area contributed by atoms with Gasteiger partial charge in [-0.3, -0.25) is 4.79 Å². The number of carbonyl (C=O) groups excluding carboxylic acids is 1. The van der Waals surface area contributed by atoms with Crippen LogP contribution in [0.1, 0.15) is 25.0 Å². The van der Waals surface area contributed by atoms with E-state index < -0.39 is 15.9 Å². The number of benzene rings is 2. The number of ether oxygens (including phenoxy) is 1. The first kappa shape index (κ1) is 21.4. The summed E-state index contributed by atoms with van der Waals surface area (Å²) >= 11 is 0. The molecule has 0 atom stereocenters. The zero-order valence-electron chi connectivity index (χ0n) is 16.3. The van der Waals surface area contributed by atoms with Crippen LogP contribution in [0, 0.1) is 18.3 Å². The Morgan fingerprint density at radius 1 is 1.21 bits per heavy atom. The zero-order chi connectivity index (χ0) is 20.9. The summed E-state index contributed by atoms with van der Waals surface area (Å²) in [6.45, 7) is 5.34. The highest BCUT2D eigenvalue weighted by molar-refractivity contribution is 7.89. The summed E-state index contributed by atoms with van der Waals surface area (Å²) in [6.07, 6.45) is 0.0425. The molecule has 2 aromatic carbocycles. The van der Waals surface area contributed by atoms with Gasteiger partial charge in [0.2, 0.25) is 15.9 Å². The zero-order valence-corrected chi connectivity index (χ0v) is 17.1. The Kier molecular flexibility index (Phi) is 6.78. The van der Waals surface area contributed by atoms with Crippen LogP contribution in [0.15, 0.2) is 47.4 Å². The Balaban J connectivity index is 2.06. The molecule has 0 aliphatic heterocycles. The summed E-state index contributed by atoms with van der Waals surface area (Å²) in [5.41, 5.74) is 1.76. The average Bonchev–Trinajstić information content (AvgIpc) is 2.63. The number of amides is 1. The lowest BCUT2D eigenvalue weighted by atomic mass is 10.2. The van der Waals surface area contributed by atoms with E-state index >= 15 is 0 Å². The van der Waals surface area contributed by atoms with Crippen molar-refractivity contribution < 1.29 is 17.9 Å². The van der Waals surface area contributed by atoms with E-state index in [0.29, 0.717) is 17.0 Å². The van der Waals surface area contributed by atoms with Gasteiger partial charge in [0.05, 0.1) is 29.2 Å². The largest absolute Gasteiger partial charge is 0.491 e. The van der Waals surface area contributed by atoms with Crippen molar-refractivity contribution >= 4 is 21.6 Å². The normalized spacial score (nSPS) is 11.3. The Labute approximate surface area is 165 Å². The van der Waals surface area contributed by atoms with E-state index in [1.807, 2.05) is 32.9 Å². The van der Waals surface area contributed by atoms with Gasteiger partial charge in [0.15, 0.2) is 0 Å². The van der Waals surface area contributed by atoms with Crippen LogP contribution in [-0.2, 0) is 14.8 Å². The van der Waals surface area contributed by atoms with Gasteiger partial charge in [-0.15, -0.1) is 0 Å². The van der Waals surface area contributed by atoms with E-state index in [-0.39, 0.29) is 17.5 Å². The summed E-state index contributed by atoms with van der Waals surface area (Å²) in [5.74, 6) is 0.242. The molecule has 7 nitrogen and oxygen atoms in total. The minimum Gasteiger partial charge on any atom is -0.491 e. The van der Waals surface area contributed by atoms with Gasteiger partial charge >= 0.3 is 0 Å². The molecule has 0 aromatic heterocycles. The molecular weight excluding hydrogens is 378 g/mol. The van der Waals surface area contributed by atoms with Crippen molar-refractivity contribution in [2.75, 3.05) is 18.9 Å². The van der Waals surface area contributed by atoms with Crippen LogP contribution in [0.5, 0.6) is 5.75 Å². The van der Waals surface area contributed by atoms with Gasteiger partial charge < -0.3 is 10.1 Å². The molecule has 0 aliphatic carbocycles. The molecule has 0 fully saturated rings. The van der Waals surface area contributed by atoms with E-state index in [2.05, 4.69) is 5.32 Å². The van der Waals surface area contributed by atoms with Crippen molar-refractivity contribution in [1.29, 1.82) is 5.26 Å². The van der Waals surface area contributed by atoms with E-state index in [0.717, 1.165) is 9.87 Å². The molecule has 0 radical (unpaired) electrons. The van der Waals surface area contributed by atoms with Crippen LogP contribution in [-0.4, -0.2) is 38.3 Å². The number of nitriles is 1. The smallest absolute Gasteiger partial charge is 0.243 e. The highest BCUT2D eigenvalue weighted by Gasteiger charge is 2.23. The highest BCUT2D eigenvalue weighted by atomic mass is 32.2. The Morgan fingerprint density at radius 2 is 1.86 bits per heavy atom. The fourth-order valence-corrected chi connectivity index (χ4v) is 3.61. The number of aryl methyl sites for hydroxylation is 1. The van der Waals surface area contributed by atoms with E-state index in [9.17, 15) is 13.2 Å². The lowest BCUT2D eigenvalue weighted by Crippen LogP contribution is -2.35. The first-order chi connectivity index (χ1) is 13.1. The summed E-state index contributed by atoms with van der Waals surface area (Å²) in [4.78, 5) is 12.3. The molecule has 148 valence electrons. The monoisotopic (exact) mass is 401 g/mol. The van der Waals surface area contributed by atoms with Crippen LogP contribution < -0.4 is 10.1 Å². The molecule has 0 saturated carbocycles. The minimum absolute atomic E-state index is 0.0215. The third kappa shape index (κ3) is 5.31. The maximum absolute atomic E-state index is 12.6. The summed E-state index contributed by atoms with van der Waals surface area (Å²) < 4.78 is 31.7. The van der Waals surface area contributed by atoms with Gasteiger partial charge in [0.25, 0.3) is 0 Å². The number of nitrogens with one attached hydrogen (secondary N) is 1. The molecule has 2 aromatic rings. The van der Waals surface area contributed by atoms with Crippen molar-refractivity contribution in [3.63, 3.8) is 0 Å². The molecule has 0 saturated heterocycles. The molecule has 1 amide bonds. The molecule has 0 heterocycles. The third-order valence-electron chi connectivity index (χ3n) is 3.90. The molecule has 0 spiro atoms. The van der Waals surface area contributed by atoms with Crippen molar-refractivity contribution in [3.05, 3.63) is 53.6 Å². The number of hydrogen-bond donors (Lipinski definition) is 1. The average molecular weight is 401 g/mol. The molecular formula is C20H23N3O4S. The van der Waals surface area contributed by atoms with Gasteiger partial charge in [-0.25, -0.2) is 8.42 Å². The number of likely N-dealkylation sites (N-methyl/N-ethyl adjacent to an activating group) is 1. The molecule has 28 heavy (non-hydrogen) atoms. The first-order valence-electron chi connectivity index (χ1n) is 8.67. The first-order valence-corrected chi connectivity index (χ1v) is 10.1. The fraction of sp³-hybridized carbons (Fsp3) is 0.300. The van der Waals surface area contributed by atoms with Gasteiger partial charge in [-0.2, -0.15) is 9.57 Å². The number of rotatable bonds is 7. The Bertz CT molecular complexity index is 993. The SMILES string of the molecule is Cc1cc(OC(C)C)ccc1NC(=O)CN(C)S(=O)(=O)c1ccc(C#N)cc1. The molecule has 0 bridgehead atoms. The number of nitrogens with zero attached hydrogens (tertiary/aromatic N) is 2. The van der Waals surface area contributed by atoms with E-state index in [1.54, 1.807) is 12.1 Å². The highest BCUT2D eigenvalue weighted by Crippen LogP contribution is 2.22. The minimum atomic E-state index is -3.84. The molecule has 1 N–H and O–H groups in total. The van der Waals surface area contributed by atoms with E-state index in [1.165, 1.54) is 31.3 Å². The van der Waals surface area contributed by atoms with Crippen LogP contribution in [0.3, 0.4) is 0 Å². The molecule has 0 aliphatic rings. The fourth-order valence-electron chi connectivity index (χ4n) is 2.48. The van der Waals surface area contributed by atoms with Gasteiger partial charge in [0.1, 0.15) is 5.75 Å². The van der Waals surface area contributed by atoms with Gasteiger partial charge in [-0.05, 0) is 68.8 Å². The van der Waals surface area contributed by atoms with Crippen molar-refractivity contribution in [1.82, 2.24) is 4.31 Å². The summed E-state index contributed by atoms with van der Waals surface area (Å²) in [5, 5.41) is 11.5. The van der Waals surface area contributed by atoms with Crippen LogP contribution in [0.25, 0.3) is 0 Å². The van der Waals surface area contributed by atoms with Gasteiger partial charge in [-0.1, -0.05) is 0 Å². The van der Waals surface area contributed by atoms with Crippen LogP contribution in [0.2, 0.25) is 0 Å².